The quantitative estimate of drug-likeness (QED) is 0.903. The van der Waals surface area contributed by atoms with Crippen LogP contribution in [0.2, 0.25) is 0 Å². The van der Waals surface area contributed by atoms with Crippen molar-refractivity contribution in [2.75, 3.05) is 24.5 Å². The minimum atomic E-state index is 0.661. The number of aromatic nitrogens is 1. The zero-order valence-electron chi connectivity index (χ0n) is 12.2. The fourth-order valence-corrected chi connectivity index (χ4v) is 3.33. The molecule has 2 aliphatic heterocycles. The van der Waals surface area contributed by atoms with Gasteiger partial charge >= 0.3 is 0 Å². The van der Waals surface area contributed by atoms with E-state index in [2.05, 4.69) is 35.1 Å². The molecule has 3 heteroatoms. The SMILES string of the molecule is CC(C)CCc1ccnc2c1CC[C@@H]1CNCCN21. The first-order valence-corrected chi connectivity index (χ1v) is 7.70. The zero-order valence-corrected chi connectivity index (χ0v) is 12.2. The molecule has 0 spiro atoms. The van der Waals surface area contributed by atoms with Crippen molar-refractivity contribution in [3.8, 4) is 0 Å². The summed E-state index contributed by atoms with van der Waals surface area (Å²) in [5, 5.41) is 3.50. The maximum absolute atomic E-state index is 4.69. The van der Waals surface area contributed by atoms with Crippen molar-refractivity contribution in [3.05, 3.63) is 23.4 Å². The second-order valence-corrected chi connectivity index (χ2v) is 6.29. The Labute approximate surface area is 116 Å². The highest BCUT2D eigenvalue weighted by molar-refractivity contribution is 5.54. The van der Waals surface area contributed by atoms with Gasteiger partial charge in [-0.25, -0.2) is 4.98 Å². The lowest BCUT2D eigenvalue weighted by Gasteiger charge is -2.42. The predicted molar refractivity (Wildman–Crippen MR) is 79.7 cm³/mol. The van der Waals surface area contributed by atoms with Gasteiger partial charge in [0.1, 0.15) is 5.82 Å². The van der Waals surface area contributed by atoms with Gasteiger partial charge in [-0.1, -0.05) is 13.8 Å². The second-order valence-electron chi connectivity index (χ2n) is 6.29. The standard InChI is InChI=1S/C16H25N3/c1-12(2)3-4-13-7-8-18-16-15(13)6-5-14-11-17-9-10-19(14)16/h7-8,12,14,17H,3-6,9-11H2,1-2H3/t14-/m1/s1. The number of hydrogen-bond acceptors (Lipinski definition) is 3. The number of hydrogen-bond donors (Lipinski definition) is 1. The third-order valence-corrected chi connectivity index (χ3v) is 4.47. The van der Waals surface area contributed by atoms with Gasteiger partial charge in [0.05, 0.1) is 0 Å². The van der Waals surface area contributed by atoms with E-state index in [1.54, 1.807) is 0 Å². The minimum absolute atomic E-state index is 0.661. The average Bonchev–Trinajstić information content (AvgIpc) is 2.44. The van der Waals surface area contributed by atoms with Crippen LogP contribution in [0.15, 0.2) is 12.3 Å². The molecule has 1 aromatic heterocycles. The number of nitrogens with zero attached hydrogens (tertiary/aromatic N) is 2. The summed E-state index contributed by atoms with van der Waals surface area (Å²) in [6, 6.07) is 2.90. The monoisotopic (exact) mass is 259 g/mol. The van der Waals surface area contributed by atoms with Crippen molar-refractivity contribution >= 4 is 5.82 Å². The molecule has 1 aromatic rings. The number of pyridine rings is 1. The molecular weight excluding hydrogens is 234 g/mol. The lowest BCUT2D eigenvalue weighted by atomic mass is 9.91. The Balaban J connectivity index is 1.86. The summed E-state index contributed by atoms with van der Waals surface area (Å²) in [6.45, 7) is 7.93. The molecule has 0 aliphatic carbocycles. The van der Waals surface area contributed by atoms with Crippen LogP contribution in [0.1, 0.15) is 37.8 Å². The normalized spacial score (nSPS) is 22.3. The van der Waals surface area contributed by atoms with Gasteiger partial charge in [0.2, 0.25) is 0 Å². The van der Waals surface area contributed by atoms with E-state index >= 15 is 0 Å². The molecule has 0 aromatic carbocycles. The third kappa shape index (κ3) is 2.62. The van der Waals surface area contributed by atoms with Gasteiger partial charge in [-0.2, -0.15) is 0 Å². The molecule has 3 heterocycles. The molecule has 0 bridgehead atoms. The largest absolute Gasteiger partial charge is 0.351 e. The van der Waals surface area contributed by atoms with E-state index in [0.29, 0.717) is 6.04 Å². The van der Waals surface area contributed by atoms with Crippen molar-refractivity contribution in [1.82, 2.24) is 10.3 Å². The molecule has 1 saturated heterocycles. The van der Waals surface area contributed by atoms with E-state index in [4.69, 9.17) is 0 Å². The molecule has 0 unspecified atom stereocenters. The number of fused-ring (bicyclic) bond motifs is 3. The first kappa shape index (κ1) is 12.9. The molecule has 1 N–H and O–H groups in total. The van der Waals surface area contributed by atoms with Crippen LogP contribution < -0.4 is 10.2 Å². The first-order valence-electron chi connectivity index (χ1n) is 7.70. The fraction of sp³-hybridized carbons (Fsp3) is 0.688. The maximum Gasteiger partial charge on any atom is 0.132 e. The number of aryl methyl sites for hydroxylation is 1. The van der Waals surface area contributed by atoms with Crippen LogP contribution in [0.5, 0.6) is 0 Å². The zero-order chi connectivity index (χ0) is 13.2. The van der Waals surface area contributed by atoms with Crippen molar-refractivity contribution in [2.24, 2.45) is 5.92 Å². The highest BCUT2D eigenvalue weighted by Crippen LogP contribution is 2.32. The van der Waals surface area contributed by atoms with Gasteiger partial charge in [0.15, 0.2) is 0 Å². The third-order valence-electron chi connectivity index (χ3n) is 4.47. The summed E-state index contributed by atoms with van der Waals surface area (Å²) >= 11 is 0. The molecule has 0 amide bonds. The van der Waals surface area contributed by atoms with Crippen molar-refractivity contribution < 1.29 is 0 Å². The smallest absolute Gasteiger partial charge is 0.132 e. The number of nitrogens with one attached hydrogen (secondary N) is 1. The Kier molecular flexibility index (Phi) is 3.74. The number of rotatable bonds is 3. The topological polar surface area (TPSA) is 28.2 Å². The Bertz CT molecular complexity index is 442. The van der Waals surface area contributed by atoms with Crippen LogP contribution in [0.25, 0.3) is 0 Å². The Morgan fingerprint density at radius 2 is 2.37 bits per heavy atom. The maximum atomic E-state index is 4.69. The van der Waals surface area contributed by atoms with E-state index in [1.165, 1.54) is 42.6 Å². The second kappa shape index (κ2) is 5.49. The molecule has 19 heavy (non-hydrogen) atoms. The van der Waals surface area contributed by atoms with Crippen molar-refractivity contribution in [3.63, 3.8) is 0 Å². The Hall–Kier alpha value is -1.09. The average molecular weight is 259 g/mol. The molecule has 3 rings (SSSR count). The number of piperazine rings is 1. The van der Waals surface area contributed by atoms with Gasteiger partial charge in [-0.05, 0) is 48.8 Å². The molecule has 104 valence electrons. The van der Waals surface area contributed by atoms with Gasteiger partial charge in [-0.3, -0.25) is 0 Å². The molecule has 3 nitrogen and oxygen atoms in total. The first-order chi connectivity index (χ1) is 9.25. The minimum Gasteiger partial charge on any atom is -0.351 e. The van der Waals surface area contributed by atoms with E-state index in [-0.39, 0.29) is 0 Å². The van der Waals surface area contributed by atoms with E-state index in [1.807, 2.05) is 6.20 Å². The van der Waals surface area contributed by atoms with Crippen molar-refractivity contribution in [2.45, 2.75) is 45.6 Å². The highest BCUT2D eigenvalue weighted by Gasteiger charge is 2.30. The highest BCUT2D eigenvalue weighted by atomic mass is 15.3. The number of anilines is 1. The predicted octanol–water partition coefficient (Wildman–Crippen LogP) is 2.39. The van der Waals surface area contributed by atoms with Gasteiger partial charge in [-0.15, -0.1) is 0 Å². The Morgan fingerprint density at radius 3 is 3.21 bits per heavy atom. The van der Waals surface area contributed by atoms with Crippen molar-refractivity contribution in [1.29, 1.82) is 0 Å². The molecular formula is C16H25N3. The van der Waals surface area contributed by atoms with E-state index in [0.717, 1.165) is 25.6 Å². The molecule has 0 saturated carbocycles. The van der Waals surface area contributed by atoms with E-state index < -0.39 is 0 Å². The summed E-state index contributed by atoms with van der Waals surface area (Å²) in [6.07, 6.45) is 6.99. The summed E-state index contributed by atoms with van der Waals surface area (Å²) in [5.74, 6) is 2.05. The molecule has 1 atom stereocenters. The summed E-state index contributed by atoms with van der Waals surface area (Å²) in [5.41, 5.74) is 3.07. The van der Waals surface area contributed by atoms with Gasteiger partial charge in [0.25, 0.3) is 0 Å². The van der Waals surface area contributed by atoms with Crippen LogP contribution in [-0.2, 0) is 12.8 Å². The summed E-state index contributed by atoms with van der Waals surface area (Å²) < 4.78 is 0. The van der Waals surface area contributed by atoms with Crippen LogP contribution in [-0.4, -0.2) is 30.7 Å². The fourth-order valence-electron chi connectivity index (χ4n) is 3.33. The molecule has 2 aliphatic rings. The summed E-state index contributed by atoms with van der Waals surface area (Å²) in [4.78, 5) is 7.23. The van der Waals surface area contributed by atoms with Gasteiger partial charge in [0, 0.05) is 31.9 Å². The van der Waals surface area contributed by atoms with Gasteiger partial charge < -0.3 is 10.2 Å². The lowest BCUT2D eigenvalue weighted by Crippen LogP contribution is -2.53. The summed E-state index contributed by atoms with van der Waals surface area (Å²) in [7, 11) is 0. The van der Waals surface area contributed by atoms with Crippen LogP contribution >= 0.6 is 0 Å². The van der Waals surface area contributed by atoms with E-state index in [9.17, 15) is 0 Å². The lowest BCUT2D eigenvalue weighted by molar-refractivity contribution is 0.434. The van der Waals surface area contributed by atoms with Crippen LogP contribution in [0.4, 0.5) is 5.82 Å². The van der Waals surface area contributed by atoms with Crippen LogP contribution in [0, 0.1) is 5.92 Å². The Morgan fingerprint density at radius 1 is 1.47 bits per heavy atom. The molecule has 1 fully saturated rings. The van der Waals surface area contributed by atoms with Crippen LogP contribution in [0.3, 0.4) is 0 Å². The molecule has 0 radical (unpaired) electrons.